The molecule has 0 unspecified atom stereocenters. The van der Waals surface area contributed by atoms with Crippen molar-refractivity contribution in [3.8, 4) is 0 Å². The van der Waals surface area contributed by atoms with Crippen LogP contribution in [0.4, 0.5) is 0 Å². The summed E-state index contributed by atoms with van der Waals surface area (Å²) in [6.45, 7) is 1.67. The van der Waals surface area contributed by atoms with Crippen molar-refractivity contribution in [1.82, 2.24) is 0 Å². The van der Waals surface area contributed by atoms with Gasteiger partial charge in [-0.05, 0) is 0 Å². The van der Waals surface area contributed by atoms with Gasteiger partial charge in [0.1, 0.15) is 0 Å². The zero-order chi connectivity index (χ0) is 5.70. The zero-order valence-electron chi connectivity index (χ0n) is 4.18. The number of rotatable bonds is 1. The van der Waals surface area contributed by atoms with Gasteiger partial charge in [0.2, 0.25) is 0 Å². The molecule has 0 aliphatic rings. The monoisotopic (exact) mass is 98.1 g/mol. The maximum atomic E-state index is 6.45. The fourth-order valence-corrected chi connectivity index (χ4v) is 0.155. The number of aliphatic imine (C=N–C) groups is 1. The van der Waals surface area contributed by atoms with Gasteiger partial charge in [-0.3, -0.25) is 5.41 Å². The molecule has 0 saturated carbocycles. The molecule has 0 rings (SSSR count). The molecule has 3 N–H and O–H groups in total. The van der Waals surface area contributed by atoms with Crippen molar-refractivity contribution in [3.05, 3.63) is 0 Å². The van der Waals surface area contributed by atoms with Gasteiger partial charge in [0, 0.05) is 6.92 Å². The van der Waals surface area contributed by atoms with Gasteiger partial charge in [0.05, 0.1) is 6.21 Å². The van der Waals surface area contributed by atoms with Crippen molar-refractivity contribution in [1.29, 1.82) is 5.41 Å². The third kappa shape index (κ3) is 5.01. The molecule has 0 fully saturated rings. The Kier molecular flexibility index (Phi) is 2.76. The van der Waals surface area contributed by atoms with Gasteiger partial charge in [-0.25, -0.2) is 0 Å². The Morgan fingerprint density at radius 2 is 2.43 bits per heavy atom. The van der Waals surface area contributed by atoms with E-state index in [2.05, 4.69) is 4.99 Å². The highest BCUT2D eigenvalue weighted by Crippen LogP contribution is 1.58. The highest BCUT2D eigenvalue weighted by atomic mass is 14.8. The van der Waals surface area contributed by atoms with Crippen molar-refractivity contribution < 1.29 is 5.41 Å². The molecule has 0 atom stereocenters. The normalized spacial score (nSPS) is 9.29. The number of nitrogens with one attached hydrogen (secondary N) is 1. The largest absolute Gasteiger partial charge is 0.305 e. The molecule has 0 aromatic rings. The van der Waals surface area contributed by atoms with Crippen LogP contribution in [-0.2, 0) is 0 Å². The number of nitrogens with zero attached hydrogens (tertiary/aromatic N) is 1. The Bertz CT molecular complexity index is 104. The minimum atomic E-state index is 0.475. The standard InChI is InChI=1S/C4H7N3/c1-4(6)7-3-2-5/h2-3,5-6H,1H3/p+1. The van der Waals surface area contributed by atoms with E-state index in [1.807, 2.05) is 0 Å². The first kappa shape index (κ1) is 6.01. The van der Waals surface area contributed by atoms with Crippen LogP contribution in [0.25, 0.3) is 0 Å². The van der Waals surface area contributed by atoms with Crippen LogP contribution in [0.3, 0.4) is 0 Å². The Morgan fingerprint density at radius 3 is 2.57 bits per heavy atom. The molecular formula is C4H8N3+. The third-order valence-corrected chi connectivity index (χ3v) is 0.353. The lowest BCUT2D eigenvalue weighted by atomic mass is 10.7. The zero-order valence-corrected chi connectivity index (χ0v) is 4.18. The van der Waals surface area contributed by atoms with Gasteiger partial charge in [-0.1, -0.05) is 4.99 Å². The smallest absolute Gasteiger partial charge is 0.286 e. The maximum Gasteiger partial charge on any atom is 0.286 e. The molecule has 0 saturated heterocycles. The molecule has 0 heterocycles. The average molecular weight is 98.1 g/mol. The maximum absolute atomic E-state index is 6.45. The molecule has 3 nitrogen and oxygen atoms in total. The summed E-state index contributed by atoms with van der Waals surface area (Å²) >= 11 is 0. The molecule has 7 heavy (non-hydrogen) atoms. The summed E-state index contributed by atoms with van der Waals surface area (Å²) in [6, 6.07) is 0. The van der Waals surface area contributed by atoms with Gasteiger partial charge >= 0.3 is 0 Å². The summed E-state index contributed by atoms with van der Waals surface area (Å²) in [5.74, 6) is 0.475. The van der Waals surface area contributed by atoms with E-state index in [0.717, 1.165) is 6.21 Å². The highest BCUT2D eigenvalue weighted by Gasteiger charge is 1.82. The van der Waals surface area contributed by atoms with E-state index in [9.17, 15) is 0 Å². The van der Waals surface area contributed by atoms with Crippen LogP contribution in [0.1, 0.15) is 6.92 Å². The molecule has 0 aliphatic carbocycles. The Hall–Kier alpha value is -0.990. The minimum Gasteiger partial charge on any atom is -0.305 e. The summed E-state index contributed by atoms with van der Waals surface area (Å²) in [4.78, 5) is 3.57. The molecule has 0 amide bonds. The van der Waals surface area contributed by atoms with Crippen LogP contribution in [0.5, 0.6) is 0 Å². The summed E-state index contributed by atoms with van der Waals surface area (Å²) in [6.07, 6.45) is 2.41. The summed E-state index contributed by atoms with van der Waals surface area (Å²) < 4.78 is 0. The van der Waals surface area contributed by atoms with Crippen LogP contribution in [0.15, 0.2) is 4.99 Å². The minimum absolute atomic E-state index is 0.475. The second kappa shape index (κ2) is 3.21. The first-order chi connectivity index (χ1) is 3.27. The molecule has 0 aliphatic heterocycles. The first-order valence-corrected chi connectivity index (χ1v) is 1.89. The van der Waals surface area contributed by atoms with Crippen molar-refractivity contribution in [3.63, 3.8) is 0 Å². The van der Waals surface area contributed by atoms with E-state index in [0.29, 0.717) is 5.84 Å². The second-order valence-corrected chi connectivity index (χ2v) is 1.09. The average Bonchev–Trinajstić information content (AvgIpc) is 1.61. The van der Waals surface area contributed by atoms with Gasteiger partial charge in [0.15, 0.2) is 6.21 Å². The number of amidine groups is 1. The fraction of sp³-hybridized carbons (Fsp3) is 0.250. The van der Waals surface area contributed by atoms with Crippen molar-refractivity contribution in [2.24, 2.45) is 4.99 Å². The van der Waals surface area contributed by atoms with Crippen LogP contribution in [-0.4, -0.2) is 18.3 Å². The fourth-order valence-electron chi connectivity index (χ4n) is 0.155. The molecule has 0 bridgehead atoms. The molecular weight excluding hydrogens is 90.1 g/mol. The van der Waals surface area contributed by atoms with E-state index in [4.69, 9.17) is 10.8 Å². The molecule has 0 spiro atoms. The topological polar surface area (TPSA) is 61.8 Å². The van der Waals surface area contributed by atoms with Gasteiger partial charge in [-0.15, -0.1) is 0 Å². The van der Waals surface area contributed by atoms with Crippen LogP contribution in [0.2, 0.25) is 0 Å². The lowest BCUT2D eigenvalue weighted by Gasteiger charge is -1.62. The first-order valence-electron chi connectivity index (χ1n) is 1.89. The SMILES string of the molecule is CC(=[NH2+])N=CC=N. The number of nitrogens with two attached hydrogens (primary N) is 1. The molecule has 0 aromatic carbocycles. The number of hydrogen-bond donors (Lipinski definition) is 2. The van der Waals surface area contributed by atoms with Gasteiger partial charge in [0.25, 0.3) is 5.84 Å². The van der Waals surface area contributed by atoms with Crippen molar-refractivity contribution >= 4 is 18.3 Å². The van der Waals surface area contributed by atoms with Gasteiger partial charge < -0.3 is 5.41 Å². The lowest BCUT2D eigenvalue weighted by molar-refractivity contribution is -0.115. The quantitative estimate of drug-likeness (QED) is 0.308. The second-order valence-electron chi connectivity index (χ2n) is 1.09. The molecule has 38 valence electrons. The Labute approximate surface area is 42.1 Å². The molecule has 0 aromatic heterocycles. The van der Waals surface area contributed by atoms with E-state index in [1.54, 1.807) is 6.92 Å². The van der Waals surface area contributed by atoms with E-state index in [1.165, 1.54) is 6.21 Å². The van der Waals surface area contributed by atoms with Crippen LogP contribution >= 0.6 is 0 Å². The summed E-state index contributed by atoms with van der Waals surface area (Å²) in [5, 5.41) is 11.5. The van der Waals surface area contributed by atoms with E-state index >= 15 is 0 Å². The van der Waals surface area contributed by atoms with Crippen molar-refractivity contribution in [2.45, 2.75) is 6.92 Å². The van der Waals surface area contributed by atoms with Crippen molar-refractivity contribution in [2.75, 3.05) is 0 Å². The van der Waals surface area contributed by atoms with Crippen LogP contribution < -0.4 is 5.41 Å². The summed E-state index contributed by atoms with van der Waals surface area (Å²) in [7, 11) is 0. The lowest BCUT2D eigenvalue weighted by Crippen LogP contribution is -2.36. The summed E-state index contributed by atoms with van der Waals surface area (Å²) in [5.41, 5.74) is 0. The Morgan fingerprint density at radius 1 is 1.86 bits per heavy atom. The third-order valence-electron chi connectivity index (χ3n) is 0.353. The molecule has 0 radical (unpaired) electrons. The predicted octanol–water partition coefficient (Wildman–Crippen LogP) is -1.12. The molecule has 3 heteroatoms. The van der Waals surface area contributed by atoms with E-state index < -0.39 is 0 Å². The predicted molar refractivity (Wildman–Crippen MR) is 29.9 cm³/mol. The highest BCUT2D eigenvalue weighted by molar-refractivity contribution is 6.17. The van der Waals surface area contributed by atoms with Crippen LogP contribution in [0, 0.1) is 5.41 Å². The van der Waals surface area contributed by atoms with E-state index in [-0.39, 0.29) is 0 Å². The number of hydrogen-bond acceptors (Lipinski definition) is 1. The Balaban J connectivity index is 3.46. The van der Waals surface area contributed by atoms with Gasteiger partial charge in [-0.2, -0.15) is 0 Å².